The van der Waals surface area contributed by atoms with E-state index in [0.717, 1.165) is 19.8 Å². The normalized spacial score (nSPS) is 23.4. The molecule has 92 valence electrons. The zero-order chi connectivity index (χ0) is 11.5. The van der Waals surface area contributed by atoms with Crippen molar-refractivity contribution < 1.29 is 4.74 Å². The van der Waals surface area contributed by atoms with Gasteiger partial charge in [-0.3, -0.25) is 0 Å². The van der Waals surface area contributed by atoms with Crippen molar-refractivity contribution in [3.05, 3.63) is 29.3 Å². The smallest absolute Gasteiger partial charge is 0.0511 e. The van der Waals surface area contributed by atoms with Crippen LogP contribution in [0.4, 0.5) is 5.69 Å². The number of anilines is 1. The van der Waals surface area contributed by atoms with Crippen molar-refractivity contribution in [3.8, 4) is 0 Å². The van der Waals surface area contributed by atoms with Crippen molar-refractivity contribution >= 4 is 5.69 Å². The van der Waals surface area contributed by atoms with Gasteiger partial charge in [0, 0.05) is 18.8 Å². The van der Waals surface area contributed by atoms with Gasteiger partial charge in [-0.15, -0.1) is 0 Å². The average Bonchev–Trinajstić information content (AvgIpc) is 2.85. The number of hydrogen-bond donors (Lipinski definition) is 1. The number of nitrogens with one attached hydrogen (secondary N) is 1. The van der Waals surface area contributed by atoms with Gasteiger partial charge in [-0.25, -0.2) is 0 Å². The maximum absolute atomic E-state index is 5.50. The zero-order valence-corrected chi connectivity index (χ0v) is 10.4. The second-order valence-electron chi connectivity index (χ2n) is 5.30. The van der Waals surface area contributed by atoms with E-state index in [1.165, 1.54) is 37.8 Å². The third-order valence-corrected chi connectivity index (χ3v) is 3.95. The predicted molar refractivity (Wildman–Crippen MR) is 70.5 cm³/mol. The van der Waals surface area contributed by atoms with Crippen molar-refractivity contribution in [2.75, 3.05) is 25.1 Å². The first-order chi connectivity index (χ1) is 8.42. The van der Waals surface area contributed by atoms with Gasteiger partial charge < -0.3 is 10.1 Å². The Kier molecular flexibility index (Phi) is 3.32. The second-order valence-corrected chi connectivity index (χ2v) is 5.30. The van der Waals surface area contributed by atoms with E-state index in [9.17, 15) is 0 Å². The van der Waals surface area contributed by atoms with Crippen LogP contribution in [0.25, 0.3) is 0 Å². The molecule has 1 aliphatic heterocycles. The number of ether oxygens (including phenoxy) is 1. The number of aryl methyl sites for hydroxylation is 2. The van der Waals surface area contributed by atoms with Gasteiger partial charge in [-0.05, 0) is 61.3 Å². The Labute approximate surface area is 103 Å². The van der Waals surface area contributed by atoms with Crippen LogP contribution in [0.5, 0.6) is 0 Å². The van der Waals surface area contributed by atoms with E-state index in [0.29, 0.717) is 5.92 Å². The van der Waals surface area contributed by atoms with Crippen LogP contribution in [0.1, 0.15) is 30.4 Å². The topological polar surface area (TPSA) is 21.3 Å². The van der Waals surface area contributed by atoms with Gasteiger partial charge in [0.2, 0.25) is 0 Å². The minimum absolute atomic E-state index is 0.692. The molecule has 0 amide bonds. The summed E-state index contributed by atoms with van der Waals surface area (Å²) in [6, 6.07) is 6.86. The molecule has 1 N–H and O–H groups in total. The second kappa shape index (κ2) is 5.09. The molecule has 0 radical (unpaired) electrons. The molecule has 1 aromatic carbocycles. The van der Waals surface area contributed by atoms with Crippen LogP contribution in [0.3, 0.4) is 0 Å². The number of hydrogen-bond acceptors (Lipinski definition) is 2. The first-order valence-corrected chi connectivity index (χ1v) is 6.85. The lowest BCUT2D eigenvalue weighted by atomic mass is 10.0. The molecule has 1 heterocycles. The third-order valence-electron chi connectivity index (χ3n) is 3.95. The molecule has 1 aliphatic carbocycles. The summed E-state index contributed by atoms with van der Waals surface area (Å²) in [4.78, 5) is 0. The zero-order valence-electron chi connectivity index (χ0n) is 10.4. The van der Waals surface area contributed by atoms with Gasteiger partial charge in [0.1, 0.15) is 0 Å². The summed E-state index contributed by atoms with van der Waals surface area (Å²) in [6.45, 7) is 2.94. The highest BCUT2D eigenvalue weighted by atomic mass is 16.5. The minimum Gasteiger partial charge on any atom is -0.385 e. The largest absolute Gasteiger partial charge is 0.385 e. The molecule has 0 bridgehead atoms. The van der Waals surface area contributed by atoms with Crippen molar-refractivity contribution in [2.24, 2.45) is 5.92 Å². The highest BCUT2D eigenvalue weighted by Crippen LogP contribution is 2.25. The highest BCUT2D eigenvalue weighted by Gasteiger charge is 2.14. The Morgan fingerprint density at radius 1 is 1.18 bits per heavy atom. The monoisotopic (exact) mass is 231 g/mol. The predicted octanol–water partition coefficient (Wildman–Crippen LogP) is 3.01. The Hall–Kier alpha value is -1.02. The summed E-state index contributed by atoms with van der Waals surface area (Å²) < 4.78 is 5.50. The van der Waals surface area contributed by atoms with E-state index in [-0.39, 0.29) is 0 Å². The molecule has 1 fully saturated rings. The van der Waals surface area contributed by atoms with Gasteiger partial charge in [-0.1, -0.05) is 6.07 Å². The van der Waals surface area contributed by atoms with E-state index in [1.54, 1.807) is 11.1 Å². The quantitative estimate of drug-likeness (QED) is 0.863. The number of rotatable bonds is 3. The number of benzene rings is 1. The average molecular weight is 231 g/mol. The molecule has 1 atom stereocenters. The minimum atomic E-state index is 0.692. The maximum atomic E-state index is 5.50. The third kappa shape index (κ3) is 2.63. The first-order valence-electron chi connectivity index (χ1n) is 6.85. The Morgan fingerprint density at radius 2 is 2.12 bits per heavy atom. The van der Waals surface area contributed by atoms with Crippen LogP contribution in [0, 0.1) is 5.92 Å². The molecule has 17 heavy (non-hydrogen) atoms. The van der Waals surface area contributed by atoms with Crippen LogP contribution in [0.15, 0.2) is 18.2 Å². The van der Waals surface area contributed by atoms with Gasteiger partial charge in [-0.2, -0.15) is 0 Å². The van der Waals surface area contributed by atoms with Gasteiger partial charge in [0.15, 0.2) is 0 Å². The fourth-order valence-electron chi connectivity index (χ4n) is 2.91. The molecule has 1 saturated heterocycles. The van der Waals surface area contributed by atoms with Crippen molar-refractivity contribution in [1.82, 2.24) is 0 Å². The molecule has 0 aromatic heterocycles. The molecule has 2 heteroatoms. The van der Waals surface area contributed by atoms with Crippen molar-refractivity contribution in [1.29, 1.82) is 0 Å². The lowest BCUT2D eigenvalue weighted by Gasteiger charge is -2.22. The molecule has 0 saturated carbocycles. The molecule has 3 rings (SSSR count). The SMILES string of the molecule is c1cc2c(cc1NCC1CCCOC1)CCC2. The maximum Gasteiger partial charge on any atom is 0.0511 e. The summed E-state index contributed by atoms with van der Waals surface area (Å²) in [5, 5.41) is 3.56. The van der Waals surface area contributed by atoms with Crippen LogP contribution >= 0.6 is 0 Å². The Bertz CT molecular complexity index is 383. The summed E-state index contributed by atoms with van der Waals surface area (Å²) in [7, 11) is 0. The summed E-state index contributed by atoms with van der Waals surface area (Å²) in [5.41, 5.74) is 4.39. The van der Waals surface area contributed by atoms with Crippen LogP contribution < -0.4 is 5.32 Å². The molecule has 2 nitrogen and oxygen atoms in total. The summed E-state index contributed by atoms with van der Waals surface area (Å²) >= 11 is 0. The van der Waals surface area contributed by atoms with E-state index in [2.05, 4.69) is 23.5 Å². The molecular weight excluding hydrogens is 210 g/mol. The first kappa shape index (κ1) is 11.1. The van der Waals surface area contributed by atoms with E-state index >= 15 is 0 Å². The molecule has 1 unspecified atom stereocenters. The summed E-state index contributed by atoms with van der Waals surface area (Å²) in [5.74, 6) is 0.692. The van der Waals surface area contributed by atoms with Gasteiger partial charge in [0.05, 0.1) is 6.61 Å². The fourth-order valence-corrected chi connectivity index (χ4v) is 2.91. The Balaban J connectivity index is 1.57. The molecular formula is C15H21NO. The van der Waals surface area contributed by atoms with E-state index in [1.807, 2.05) is 0 Å². The van der Waals surface area contributed by atoms with Gasteiger partial charge in [0.25, 0.3) is 0 Å². The van der Waals surface area contributed by atoms with Gasteiger partial charge >= 0.3 is 0 Å². The van der Waals surface area contributed by atoms with Crippen LogP contribution in [0.2, 0.25) is 0 Å². The Morgan fingerprint density at radius 3 is 3.00 bits per heavy atom. The standard InChI is InChI=1S/C15H21NO/c1-4-13-6-7-15(9-14(13)5-1)16-10-12-3-2-8-17-11-12/h6-7,9,12,16H,1-5,8,10-11H2. The van der Waals surface area contributed by atoms with Crippen LogP contribution in [-0.4, -0.2) is 19.8 Å². The number of fused-ring (bicyclic) bond motifs is 1. The van der Waals surface area contributed by atoms with Crippen LogP contribution in [-0.2, 0) is 17.6 Å². The van der Waals surface area contributed by atoms with E-state index < -0.39 is 0 Å². The molecule has 1 aromatic rings. The highest BCUT2D eigenvalue weighted by molar-refractivity contribution is 5.50. The molecule has 0 spiro atoms. The summed E-state index contributed by atoms with van der Waals surface area (Å²) in [6.07, 6.45) is 6.38. The molecule has 2 aliphatic rings. The lowest BCUT2D eigenvalue weighted by molar-refractivity contribution is 0.0595. The van der Waals surface area contributed by atoms with E-state index in [4.69, 9.17) is 4.74 Å². The fraction of sp³-hybridized carbons (Fsp3) is 0.600. The van der Waals surface area contributed by atoms with Crippen molar-refractivity contribution in [3.63, 3.8) is 0 Å². The lowest BCUT2D eigenvalue weighted by Crippen LogP contribution is -2.24. The van der Waals surface area contributed by atoms with Crippen molar-refractivity contribution in [2.45, 2.75) is 32.1 Å².